The predicted molar refractivity (Wildman–Crippen MR) is 78.1 cm³/mol. The third kappa shape index (κ3) is 4.82. The number of hydrogen-bond acceptors (Lipinski definition) is 5. The molecule has 0 spiro atoms. The molecule has 0 heterocycles. The van der Waals surface area contributed by atoms with Crippen LogP contribution in [0, 0.1) is 0 Å². The summed E-state index contributed by atoms with van der Waals surface area (Å²) in [7, 11) is 2.93. The Bertz CT molecular complexity index is 509. The first-order valence-corrected chi connectivity index (χ1v) is 7.02. The molecule has 0 aliphatic carbocycles. The summed E-state index contributed by atoms with van der Waals surface area (Å²) in [5.41, 5.74) is 0.402. The molecule has 0 aliphatic heterocycles. The summed E-state index contributed by atoms with van der Waals surface area (Å²) in [6.07, 6.45) is 0. The van der Waals surface area contributed by atoms with Crippen LogP contribution in [0.2, 0.25) is 5.02 Å². The Morgan fingerprint density at radius 2 is 1.90 bits per heavy atom. The van der Waals surface area contributed by atoms with E-state index in [4.69, 9.17) is 26.2 Å². The highest BCUT2D eigenvalue weighted by molar-refractivity contribution is 8.00. The molecule has 1 amide bonds. The third-order valence-electron chi connectivity index (χ3n) is 2.21. The van der Waals surface area contributed by atoms with Gasteiger partial charge in [-0.25, -0.2) is 0 Å². The molecule has 0 unspecified atom stereocenters. The van der Waals surface area contributed by atoms with Crippen LogP contribution in [0.4, 0.5) is 5.69 Å². The molecule has 0 aliphatic rings. The number of aliphatic carboxylic acids is 1. The quantitative estimate of drug-likeness (QED) is 0.800. The highest BCUT2D eigenvalue weighted by atomic mass is 35.5. The minimum atomic E-state index is -0.965. The molecule has 1 rings (SSSR count). The maximum atomic E-state index is 11.7. The summed E-state index contributed by atoms with van der Waals surface area (Å²) >= 11 is 6.98. The molecular weight excluding hydrogens is 306 g/mol. The number of halogens is 1. The molecule has 0 saturated heterocycles. The number of amides is 1. The SMILES string of the molecule is COc1cc(OC)c(NC(=O)CSCC(=O)O)cc1Cl. The number of anilines is 1. The van der Waals surface area contributed by atoms with Crippen LogP contribution in [0.1, 0.15) is 0 Å². The smallest absolute Gasteiger partial charge is 0.313 e. The standard InChI is InChI=1S/C12H14ClNO5S/c1-18-9-4-10(19-2)8(3-7(9)13)14-11(15)5-20-6-12(16)17/h3-4H,5-6H2,1-2H3,(H,14,15)(H,16,17). The van der Waals surface area contributed by atoms with Crippen LogP contribution in [0.3, 0.4) is 0 Å². The van der Waals surface area contributed by atoms with Crippen molar-refractivity contribution in [2.75, 3.05) is 31.0 Å². The lowest BCUT2D eigenvalue weighted by Gasteiger charge is -2.12. The molecule has 0 aromatic heterocycles. The van der Waals surface area contributed by atoms with Crippen molar-refractivity contribution in [2.45, 2.75) is 0 Å². The van der Waals surface area contributed by atoms with Crippen LogP contribution in [-0.2, 0) is 9.59 Å². The first-order valence-electron chi connectivity index (χ1n) is 5.48. The van der Waals surface area contributed by atoms with Gasteiger partial charge in [-0.05, 0) is 6.07 Å². The number of ether oxygens (including phenoxy) is 2. The first-order chi connectivity index (χ1) is 9.47. The van der Waals surface area contributed by atoms with E-state index in [1.54, 1.807) is 6.07 Å². The monoisotopic (exact) mass is 319 g/mol. The fourth-order valence-corrected chi connectivity index (χ4v) is 2.15. The van der Waals surface area contributed by atoms with E-state index in [1.165, 1.54) is 20.3 Å². The lowest BCUT2D eigenvalue weighted by Crippen LogP contribution is -2.16. The van der Waals surface area contributed by atoms with Gasteiger partial charge in [0.05, 0.1) is 36.4 Å². The number of nitrogens with one attached hydrogen (secondary N) is 1. The Morgan fingerprint density at radius 3 is 2.45 bits per heavy atom. The zero-order valence-corrected chi connectivity index (χ0v) is 12.5. The second-order valence-corrected chi connectivity index (χ2v) is 5.01. The molecule has 20 heavy (non-hydrogen) atoms. The van der Waals surface area contributed by atoms with Crippen molar-refractivity contribution in [3.05, 3.63) is 17.2 Å². The van der Waals surface area contributed by atoms with E-state index in [1.807, 2.05) is 0 Å². The summed E-state index contributed by atoms with van der Waals surface area (Å²) in [6.45, 7) is 0. The van der Waals surface area contributed by atoms with E-state index in [2.05, 4.69) is 5.32 Å². The summed E-state index contributed by atoms with van der Waals surface area (Å²) in [6, 6.07) is 3.07. The van der Waals surface area contributed by atoms with E-state index in [0.717, 1.165) is 11.8 Å². The molecule has 1 aromatic rings. The van der Waals surface area contributed by atoms with Crippen molar-refractivity contribution in [1.82, 2.24) is 0 Å². The predicted octanol–water partition coefficient (Wildman–Crippen LogP) is 2.11. The van der Waals surface area contributed by atoms with Gasteiger partial charge in [-0.15, -0.1) is 11.8 Å². The Balaban J connectivity index is 2.73. The second-order valence-electron chi connectivity index (χ2n) is 3.62. The Morgan fingerprint density at radius 1 is 1.25 bits per heavy atom. The number of carbonyl (C=O) groups excluding carboxylic acids is 1. The molecule has 6 nitrogen and oxygen atoms in total. The van der Waals surface area contributed by atoms with Gasteiger partial charge in [0, 0.05) is 6.07 Å². The van der Waals surface area contributed by atoms with Gasteiger partial charge in [-0.3, -0.25) is 9.59 Å². The largest absolute Gasteiger partial charge is 0.495 e. The van der Waals surface area contributed by atoms with Gasteiger partial charge in [0.25, 0.3) is 0 Å². The molecule has 0 bridgehead atoms. The van der Waals surface area contributed by atoms with Crippen LogP contribution in [0.15, 0.2) is 12.1 Å². The van der Waals surface area contributed by atoms with Crippen molar-refractivity contribution < 1.29 is 24.2 Å². The van der Waals surface area contributed by atoms with Crippen molar-refractivity contribution in [3.63, 3.8) is 0 Å². The summed E-state index contributed by atoms with van der Waals surface area (Å²) in [5, 5.41) is 11.4. The Labute approximate surface area is 125 Å². The van der Waals surface area contributed by atoms with Gasteiger partial charge in [-0.2, -0.15) is 0 Å². The molecule has 2 N–H and O–H groups in total. The number of methoxy groups -OCH3 is 2. The topological polar surface area (TPSA) is 84.9 Å². The molecule has 110 valence electrons. The van der Waals surface area contributed by atoms with Gasteiger partial charge in [0.15, 0.2) is 0 Å². The van der Waals surface area contributed by atoms with Gasteiger partial charge in [0.2, 0.25) is 5.91 Å². The summed E-state index contributed by atoms with van der Waals surface area (Å²) in [5.74, 6) is -0.569. The van der Waals surface area contributed by atoms with E-state index in [0.29, 0.717) is 22.2 Å². The zero-order chi connectivity index (χ0) is 15.1. The highest BCUT2D eigenvalue weighted by Crippen LogP contribution is 2.35. The Hall–Kier alpha value is -1.60. The van der Waals surface area contributed by atoms with Crippen molar-refractivity contribution in [2.24, 2.45) is 0 Å². The van der Waals surface area contributed by atoms with Crippen LogP contribution in [-0.4, -0.2) is 42.7 Å². The lowest BCUT2D eigenvalue weighted by molar-refractivity contribution is -0.133. The van der Waals surface area contributed by atoms with Crippen LogP contribution in [0.5, 0.6) is 11.5 Å². The molecule has 0 fully saturated rings. The molecule has 8 heteroatoms. The Kier molecular flexibility index (Phi) is 6.47. The number of carboxylic acid groups (broad SMARTS) is 1. The number of benzene rings is 1. The highest BCUT2D eigenvalue weighted by Gasteiger charge is 2.12. The number of thioether (sulfide) groups is 1. The van der Waals surface area contributed by atoms with Gasteiger partial charge >= 0.3 is 5.97 Å². The second kappa shape index (κ2) is 7.86. The number of carboxylic acids is 1. The number of hydrogen-bond donors (Lipinski definition) is 2. The zero-order valence-electron chi connectivity index (χ0n) is 10.9. The van der Waals surface area contributed by atoms with E-state index in [-0.39, 0.29) is 17.4 Å². The van der Waals surface area contributed by atoms with Gasteiger partial charge < -0.3 is 19.9 Å². The first kappa shape index (κ1) is 16.5. The van der Waals surface area contributed by atoms with Crippen LogP contribution >= 0.6 is 23.4 Å². The van der Waals surface area contributed by atoms with E-state index >= 15 is 0 Å². The van der Waals surface area contributed by atoms with Gasteiger partial charge in [-0.1, -0.05) is 11.6 Å². The minimum absolute atomic E-state index is 0.0269. The van der Waals surface area contributed by atoms with E-state index < -0.39 is 5.97 Å². The van der Waals surface area contributed by atoms with Crippen molar-refractivity contribution in [3.8, 4) is 11.5 Å². The maximum absolute atomic E-state index is 11.7. The normalized spacial score (nSPS) is 9.95. The van der Waals surface area contributed by atoms with Crippen molar-refractivity contribution in [1.29, 1.82) is 0 Å². The fraction of sp³-hybridized carbons (Fsp3) is 0.333. The molecule has 1 aromatic carbocycles. The van der Waals surface area contributed by atoms with Crippen LogP contribution < -0.4 is 14.8 Å². The van der Waals surface area contributed by atoms with Gasteiger partial charge in [0.1, 0.15) is 11.5 Å². The lowest BCUT2D eigenvalue weighted by atomic mass is 10.2. The number of carbonyl (C=O) groups is 2. The molecule has 0 radical (unpaired) electrons. The maximum Gasteiger partial charge on any atom is 0.313 e. The minimum Gasteiger partial charge on any atom is -0.495 e. The van der Waals surface area contributed by atoms with Crippen LogP contribution in [0.25, 0.3) is 0 Å². The molecule has 0 saturated carbocycles. The van der Waals surface area contributed by atoms with Crippen molar-refractivity contribution >= 4 is 40.9 Å². The summed E-state index contributed by atoms with van der Waals surface area (Å²) in [4.78, 5) is 22.0. The third-order valence-corrected chi connectivity index (χ3v) is 3.42. The van der Waals surface area contributed by atoms with E-state index in [9.17, 15) is 9.59 Å². The molecule has 0 atom stereocenters. The summed E-state index contributed by atoms with van der Waals surface area (Å²) < 4.78 is 10.2. The average Bonchev–Trinajstić information content (AvgIpc) is 2.38. The average molecular weight is 320 g/mol. The fourth-order valence-electron chi connectivity index (χ4n) is 1.38. The molecular formula is C12H14ClNO5S. The number of rotatable bonds is 7.